The van der Waals surface area contributed by atoms with Crippen LogP contribution in [0.2, 0.25) is 0 Å². The first-order valence-electron chi connectivity index (χ1n) is 8.85. The number of carbonyl (C=O) groups excluding carboxylic acids is 1. The van der Waals surface area contributed by atoms with E-state index < -0.39 is 0 Å². The number of carbonyl (C=O) groups is 1. The Hall–Kier alpha value is -1.55. The summed E-state index contributed by atoms with van der Waals surface area (Å²) in [7, 11) is 1.73. The summed E-state index contributed by atoms with van der Waals surface area (Å²) in [6.07, 6.45) is 6.26. The Morgan fingerprint density at radius 1 is 1.22 bits per heavy atom. The minimum Gasteiger partial charge on any atom is -0.496 e. The van der Waals surface area contributed by atoms with Gasteiger partial charge in [0.15, 0.2) is 0 Å². The van der Waals surface area contributed by atoms with Gasteiger partial charge in [-0.3, -0.25) is 4.79 Å². The summed E-state index contributed by atoms with van der Waals surface area (Å²) in [5, 5.41) is 0. The van der Waals surface area contributed by atoms with Crippen molar-refractivity contribution >= 4 is 5.91 Å². The summed E-state index contributed by atoms with van der Waals surface area (Å²) >= 11 is 0. The van der Waals surface area contributed by atoms with Crippen LogP contribution >= 0.6 is 0 Å². The Labute approximate surface area is 139 Å². The highest BCUT2D eigenvalue weighted by Gasteiger charge is 2.34. The zero-order valence-electron chi connectivity index (χ0n) is 14.0. The van der Waals surface area contributed by atoms with Gasteiger partial charge in [0.05, 0.1) is 13.0 Å². The summed E-state index contributed by atoms with van der Waals surface area (Å²) in [4.78, 5) is 14.7. The van der Waals surface area contributed by atoms with Gasteiger partial charge in [0.2, 0.25) is 5.91 Å². The highest BCUT2D eigenvalue weighted by Crippen LogP contribution is 2.30. The van der Waals surface area contributed by atoms with E-state index in [2.05, 4.69) is 17.0 Å². The van der Waals surface area contributed by atoms with Gasteiger partial charge in [0.25, 0.3) is 0 Å². The van der Waals surface area contributed by atoms with Crippen LogP contribution in [-0.4, -0.2) is 37.0 Å². The van der Waals surface area contributed by atoms with Gasteiger partial charge >= 0.3 is 0 Å². The first-order valence-corrected chi connectivity index (χ1v) is 8.85. The molecule has 1 aliphatic heterocycles. The minimum atomic E-state index is 0.0702. The fourth-order valence-corrected chi connectivity index (χ4v) is 4.07. The van der Waals surface area contributed by atoms with Crippen LogP contribution in [-0.2, 0) is 11.2 Å². The van der Waals surface area contributed by atoms with Gasteiger partial charge in [-0.2, -0.15) is 0 Å². The molecule has 0 radical (unpaired) electrons. The average molecular weight is 316 g/mol. The largest absolute Gasteiger partial charge is 0.496 e. The molecule has 1 amide bonds. The maximum absolute atomic E-state index is 12.6. The third kappa shape index (κ3) is 3.69. The van der Waals surface area contributed by atoms with E-state index in [9.17, 15) is 4.79 Å². The number of ether oxygens (including phenoxy) is 1. The van der Waals surface area contributed by atoms with E-state index in [-0.39, 0.29) is 12.0 Å². The molecule has 1 aromatic carbocycles. The molecule has 1 aromatic rings. The number of nitrogens with two attached hydrogens (primary N) is 1. The first-order chi connectivity index (χ1) is 11.2. The van der Waals surface area contributed by atoms with E-state index in [0.29, 0.717) is 11.8 Å². The van der Waals surface area contributed by atoms with Crippen molar-refractivity contribution in [2.24, 2.45) is 17.6 Å². The van der Waals surface area contributed by atoms with E-state index in [1.807, 2.05) is 12.1 Å². The van der Waals surface area contributed by atoms with Gasteiger partial charge in [0.1, 0.15) is 5.75 Å². The molecule has 2 aliphatic rings. The van der Waals surface area contributed by atoms with Crippen molar-refractivity contribution in [1.82, 2.24) is 4.90 Å². The maximum atomic E-state index is 12.6. The van der Waals surface area contributed by atoms with Crippen LogP contribution in [0.5, 0.6) is 5.75 Å². The predicted molar refractivity (Wildman–Crippen MR) is 91.3 cm³/mol. The number of hydrogen-bond acceptors (Lipinski definition) is 3. The van der Waals surface area contributed by atoms with Crippen LogP contribution in [0.4, 0.5) is 0 Å². The van der Waals surface area contributed by atoms with E-state index in [1.165, 1.54) is 5.56 Å². The quantitative estimate of drug-likeness (QED) is 0.929. The van der Waals surface area contributed by atoms with Gasteiger partial charge in [-0.15, -0.1) is 0 Å². The second-order valence-electron chi connectivity index (χ2n) is 6.99. The highest BCUT2D eigenvalue weighted by molar-refractivity contribution is 5.80. The summed E-state index contributed by atoms with van der Waals surface area (Å²) < 4.78 is 5.45. The molecule has 2 N–H and O–H groups in total. The Bertz CT molecular complexity index is 538. The number of para-hydroxylation sites is 1. The normalized spacial score (nSPS) is 25.6. The van der Waals surface area contributed by atoms with E-state index in [0.717, 1.165) is 57.4 Å². The van der Waals surface area contributed by atoms with Crippen LogP contribution in [0, 0.1) is 11.8 Å². The molecule has 0 bridgehead atoms. The van der Waals surface area contributed by atoms with E-state index in [1.54, 1.807) is 7.11 Å². The molecule has 1 saturated heterocycles. The molecule has 126 valence electrons. The molecule has 1 saturated carbocycles. The van der Waals surface area contributed by atoms with E-state index >= 15 is 0 Å². The number of rotatable bonds is 4. The van der Waals surface area contributed by atoms with Gasteiger partial charge < -0.3 is 15.4 Å². The molecular formula is C19H28N2O2. The first kappa shape index (κ1) is 16.3. The van der Waals surface area contributed by atoms with Crippen LogP contribution in [0.3, 0.4) is 0 Å². The fraction of sp³-hybridized carbons (Fsp3) is 0.632. The molecule has 0 spiro atoms. The zero-order chi connectivity index (χ0) is 16.2. The third-order valence-corrected chi connectivity index (χ3v) is 5.51. The Balaban J connectivity index is 1.53. The Morgan fingerprint density at radius 3 is 2.61 bits per heavy atom. The third-order valence-electron chi connectivity index (χ3n) is 5.51. The molecule has 0 aromatic heterocycles. The smallest absolute Gasteiger partial charge is 0.227 e. The topological polar surface area (TPSA) is 55.6 Å². The summed E-state index contributed by atoms with van der Waals surface area (Å²) in [5.41, 5.74) is 7.36. The summed E-state index contributed by atoms with van der Waals surface area (Å²) in [6.45, 7) is 1.75. The van der Waals surface area contributed by atoms with Crippen LogP contribution in [0.15, 0.2) is 24.3 Å². The summed E-state index contributed by atoms with van der Waals surface area (Å²) in [6, 6.07) is 8.32. The molecule has 0 unspecified atom stereocenters. The number of hydrogen-bond donors (Lipinski definition) is 1. The number of amides is 1. The van der Waals surface area contributed by atoms with Crippen molar-refractivity contribution in [1.29, 1.82) is 0 Å². The lowest BCUT2D eigenvalue weighted by atomic mass is 9.89. The molecule has 3 rings (SSSR count). The molecule has 2 atom stereocenters. The van der Waals surface area contributed by atoms with Gasteiger partial charge in [0, 0.05) is 19.1 Å². The molecule has 4 heteroatoms. The standard InChI is InChI=1S/C19H28N2O2/c1-23-18-8-3-2-5-15(18)13-14-9-11-21(12-10-14)19(22)16-6-4-7-17(16)20/h2-3,5,8,14,16-17H,4,6-7,9-13,20H2,1H3/t16-,17+/m1/s1. The zero-order valence-corrected chi connectivity index (χ0v) is 14.0. The lowest BCUT2D eigenvalue weighted by molar-refractivity contribution is -0.137. The van der Waals surface area contributed by atoms with Crippen molar-refractivity contribution in [3.05, 3.63) is 29.8 Å². The molecule has 2 fully saturated rings. The van der Waals surface area contributed by atoms with E-state index in [4.69, 9.17) is 10.5 Å². The van der Waals surface area contributed by atoms with Crippen molar-refractivity contribution in [3.63, 3.8) is 0 Å². The van der Waals surface area contributed by atoms with Gasteiger partial charge in [-0.05, 0) is 49.7 Å². The Morgan fingerprint density at radius 2 is 1.96 bits per heavy atom. The summed E-state index contributed by atoms with van der Waals surface area (Å²) in [5.74, 6) is 1.97. The predicted octanol–water partition coefficient (Wildman–Crippen LogP) is 2.60. The monoisotopic (exact) mass is 316 g/mol. The SMILES string of the molecule is COc1ccccc1CC1CCN(C(=O)[C@@H]2CCC[C@@H]2N)CC1. The average Bonchev–Trinajstić information content (AvgIpc) is 3.01. The number of methoxy groups -OCH3 is 1. The maximum Gasteiger partial charge on any atom is 0.227 e. The second kappa shape index (κ2) is 7.35. The van der Waals surface area contributed by atoms with Crippen molar-refractivity contribution in [2.75, 3.05) is 20.2 Å². The lowest BCUT2D eigenvalue weighted by Crippen LogP contribution is -2.45. The lowest BCUT2D eigenvalue weighted by Gasteiger charge is -2.34. The molecule has 1 heterocycles. The molecular weight excluding hydrogens is 288 g/mol. The number of likely N-dealkylation sites (tertiary alicyclic amines) is 1. The van der Waals surface area contributed by atoms with Crippen molar-refractivity contribution in [2.45, 2.75) is 44.6 Å². The number of piperidine rings is 1. The Kier molecular flexibility index (Phi) is 5.21. The molecule has 4 nitrogen and oxygen atoms in total. The number of nitrogens with zero attached hydrogens (tertiary/aromatic N) is 1. The van der Waals surface area contributed by atoms with Crippen molar-refractivity contribution in [3.8, 4) is 5.75 Å². The van der Waals surface area contributed by atoms with Gasteiger partial charge in [-0.1, -0.05) is 24.6 Å². The van der Waals surface area contributed by atoms with Crippen molar-refractivity contribution < 1.29 is 9.53 Å². The van der Waals surface area contributed by atoms with Crippen LogP contribution in [0.1, 0.15) is 37.7 Å². The van der Waals surface area contributed by atoms with Crippen LogP contribution in [0.25, 0.3) is 0 Å². The molecule has 23 heavy (non-hydrogen) atoms. The fourth-order valence-electron chi connectivity index (χ4n) is 4.07. The number of benzene rings is 1. The minimum absolute atomic E-state index is 0.0702. The second-order valence-corrected chi connectivity index (χ2v) is 6.99. The highest BCUT2D eigenvalue weighted by atomic mass is 16.5. The van der Waals surface area contributed by atoms with Crippen LogP contribution < -0.4 is 10.5 Å². The van der Waals surface area contributed by atoms with Gasteiger partial charge in [-0.25, -0.2) is 0 Å². The molecule has 1 aliphatic carbocycles.